The second-order valence-corrected chi connectivity index (χ2v) is 7.21. The molecular weight excluding hydrogens is 411 g/mol. The number of carbonyl (C=O) groups excluding carboxylic acids is 1. The number of aromatic amines is 1. The van der Waals surface area contributed by atoms with Crippen LogP contribution in [0.15, 0.2) is 66.9 Å². The highest BCUT2D eigenvalue weighted by atomic mass is 19.1. The summed E-state index contributed by atoms with van der Waals surface area (Å²) in [5.41, 5.74) is 3.19. The first-order chi connectivity index (χ1) is 15.7. The van der Waals surface area contributed by atoms with Crippen LogP contribution < -0.4 is 10.1 Å². The van der Waals surface area contributed by atoms with Crippen molar-refractivity contribution in [3.8, 4) is 17.3 Å². The van der Waals surface area contributed by atoms with Gasteiger partial charge in [-0.25, -0.2) is 4.39 Å². The first-order valence-electron chi connectivity index (χ1n) is 10.1. The average Bonchev–Trinajstić information content (AvgIpc) is 3.41. The molecule has 5 aromatic rings. The minimum atomic E-state index is -0.328. The van der Waals surface area contributed by atoms with E-state index in [9.17, 15) is 9.18 Å². The van der Waals surface area contributed by atoms with E-state index in [1.54, 1.807) is 24.3 Å². The Morgan fingerprint density at radius 1 is 1.06 bits per heavy atom. The standard InChI is InChI=1S/C23H19FN6O2/c24-17-7-5-15(6-8-17)23-28-27-20-9-10-22(29-30(20)23)32-12-11-25-21(31)13-16-14-26-19-4-2-1-3-18(16)19/h1-10,14,26H,11-13H2,(H,25,31). The summed E-state index contributed by atoms with van der Waals surface area (Å²) in [5, 5.41) is 16.5. The topological polar surface area (TPSA) is 97.2 Å². The SMILES string of the molecule is O=C(Cc1c[nH]c2ccccc12)NCCOc1ccc2nnc(-c3ccc(F)cc3)n2n1. The lowest BCUT2D eigenvalue weighted by Crippen LogP contribution is -2.29. The quantitative estimate of drug-likeness (QED) is 0.387. The lowest BCUT2D eigenvalue weighted by molar-refractivity contribution is -0.120. The van der Waals surface area contributed by atoms with Crippen molar-refractivity contribution in [3.63, 3.8) is 0 Å². The van der Waals surface area contributed by atoms with Crippen LogP contribution in [-0.2, 0) is 11.2 Å². The monoisotopic (exact) mass is 430 g/mol. The molecule has 3 aromatic heterocycles. The van der Waals surface area contributed by atoms with Crippen LogP contribution in [0.4, 0.5) is 4.39 Å². The second kappa shape index (κ2) is 8.46. The Labute approximate surface area is 182 Å². The molecule has 2 N–H and O–H groups in total. The third-order valence-electron chi connectivity index (χ3n) is 5.04. The number of nitrogens with one attached hydrogen (secondary N) is 2. The van der Waals surface area contributed by atoms with Gasteiger partial charge in [0, 0.05) is 28.7 Å². The van der Waals surface area contributed by atoms with Crippen LogP contribution in [0.3, 0.4) is 0 Å². The fraction of sp³-hybridized carbons (Fsp3) is 0.130. The van der Waals surface area contributed by atoms with Crippen LogP contribution in [0.5, 0.6) is 5.88 Å². The molecule has 2 aromatic carbocycles. The summed E-state index contributed by atoms with van der Waals surface area (Å²) in [5.74, 6) is 0.439. The van der Waals surface area contributed by atoms with E-state index >= 15 is 0 Å². The van der Waals surface area contributed by atoms with Crippen molar-refractivity contribution in [2.24, 2.45) is 0 Å². The maximum atomic E-state index is 13.2. The van der Waals surface area contributed by atoms with E-state index in [1.807, 2.05) is 30.5 Å². The van der Waals surface area contributed by atoms with Gasteiger partial charge in [-0.05, 0) is 42.0 Å². The molecular formula is C23H19FN6O2. The molecule has 0 saturated heterocycles. The number of ether oxygens (including phenoxy) is 1. The van der Waals surface area contributed by atoms with E-state index in [0.29, 0.717) is 29.5 Å². The molecule has 0 unspecified atom stereocenters. The fourth-order valence-corrected chi connectivity index (χ4v) is 3.49. The number of carbonyl (C=O) groups is 1. The molecule has 0 aliphatic heterocycles. The molecule has 0 aliphatic rings. The summed E-state index contributed by atoms with van der Waals surface area (Å²) in [4.78, 5) is 15.5. The van der Waals surface area contributed by atoms with E-state index in [1.165, 1.54) is 16.6 Å². The lowest BCUT2D eigenvalue weighted by Gasteiger charge is -2.07. The molecule has 3 heterocycles. The smallest absolute Gasteiger partial charge is 0.231 e. The number of fused-ring (bicyclic) bond motifs is 2. The van der Waals surface area contributed by atoms with E-state index in [4.69, 9.17) is 4.74 Å². The second-order valence-electron chi connectivity index (χ2n) is 7.21. The molecule has 0 radical (unpaired) electrons. The van der Waals surface area contributed by atoms with Gasteiger partial charge in [-0.15, -0.1) is 15.3 Å². The Hall–Kier alpha value is -4.27. The van der Waals surface area contributed by atoms with Gasteiger partial charge in [0.15, 0.2) is 11.5 Å². The molecule has 160 valence electrons. The highest BCUT2D eigenvalue weighted by Gasteiger charge is 2.11. The van der Waals surface area contributed by atoms with Crippen LogP contribution in [0.25, 0.3) is 27.9 Å². The molecule has 9 heteroatoms. The molecule has 0 saturated carbocycles. The first-order valence-corrected chi connectivity index (χ1v) is 10.1. The van der Waals surface area contributed by atoms with Gasteiger partial charge in [0.2, 0.25) is 11.8 Å². The summed E-state index contributed by atoms with van der Waals surface area (Å²) in [6.45, 7) is 0.597. The van der Waals surface area contributed by atoms with Crippen molar-refractivity contribution in [1.29, 1.82) is 0 Å². The fourth-order valence-electron chi connectivity index (χ4n) is 3.49. The van der Waals surface area contributed by atoms with Gasteiger partial charge < -0.3 is 15.0 Å². The Morgan fingerprint density at radius 2 is 1.91 bits per heavy atom. The van der Waals surface area contributed by atoms with Crippen molar-refractivity contribution < 1.29 is 13.9 Å². The average molecular weight is 430 g/mol. The molecule has 32 heavy (non-hydrogen) atoms. The summed E-state index contributed by atoms with van der Waals surface area (Å²) >= 11 is 0. The normalized spacial score (nSPS) is 11.2. The van der Waals surface area contributed by atoms with Gasteiger partial charge in [0.05, 0.1) is 13.0 Å². The number of hydrogen-bond donors (Lipinski definition) is 2. The van der Waals surface area contributed by atoms with Gasteiger partial charge >= 0.3 is 0 Å². The molecule has 0 atom stereocenters. The van der Waals surface area contributed by atoms with E-state index in [2.05, 4.69) is 25.6 Å². The maximum absolute atomic E-state index is 13.2. The summed E-state index contributed by atoms with van der Waals surface area (Å²) in [6.07, 6.45) is 2.15. The van der Waals surface area contributed by atoms with E-state index < -0.39 is 0 Å². The molecule has 1 amide bonds. The van der Waals surface area contributed by atoms with Crippen LogP contribution in [0.2, 0.25) is 0 Å². The zero-order valence-corrected chi connectivity index (χ0v) is 17.0. The first kappa shape index (κ1) is 19.7. The number of halogens is 1. The van der Waals surface area contributed by atoms with Crippen LogP contribution >= 0.6 is 0 Å². The number of para-hydroxylation sites is 1. The zero-order valence-electron chi connectivity index (χ0n) is 17.0. The van der Waals surface area contributed by atoms with E-state index in [-0.39, 0.29) is 24.8 Å². The largest absolute Gasteiger partial charge is 0.475 e. The highest BCUT2D eigenvalue weighted by molar-refractivity contribution is 5.88. The number of hydrogen-bond acceptors (Lipinski definition) is 5. The Bertz CT molecular complexity index is 1390. The van der Waals surface area contributed by atoms with Gasteiger partial charge in [-0.1, -0.05) is 18.2 Å². The minimum Gasteiger partial charge on any atom is -0.475 e. The Balaban J connectivity index is 1.19. The molecule has 0 aliphatic carbocycles. The summed E-state index contributed by atoms with van der Waals surface area (Å²) in [6, 6.07) is 17.2. The van der Waals surface area contributed by atoms with Gasteiger partial charge in [-0.2, -0.15) is 4.52 Å². The number of H-pyrrole nitrogens is 1. The summed E-state index contributed by atoms with van der Waals surface area (Å²) < 4.78 is 20.4. The van der Waals surface area contributed by atoms with Crippen LogP contribution in [-0.4, -0.2) is 43.9 Å². The molecule has 0 spiro atoms. The highest BCUT2D eigenvalue weighted by Crippen LogP contribution is 2.20. The predicted octanol–water partition coefficient (Wildman–Crippen LogP) is 3.15. The molecule has 5 rings (SSSR count). The minimum absolute atomic E-state index is 0.0841. The number of nitrogens with zero attached hydrogens (tertiary/aromatic N) is 4. The third kappa shape index (κ3) is 4.00. The number of aromatic nitrogens is 5. The van der Waals surface area contributed by atoms with Crippen molar-refractivity contribution in [1.82, 2.24) is 30.1 Å². The predicted molar refractivity (Wildman–Crippen MR) is 117 cm³/mol. The van der Waals surface area contributed by atoms with E-state index in [0.717, 1.165) is 16.5 Å². The van der Waals surface area contributed by atoms with Crippen molar-refractivity contribution in [2.75, 3.05) is 13.2 Å². The van der Waals surface area contributed by atoms with Crippen LogP contribution in [0.1, 0.15) is 5.56 Å². The van der Waals surface area contributed by atoms with Gasteiger partial charge in [0.1, 0.15) is 12.4 Å². The molecule has 0 fully saturated rings. The van der Waals surface area contributed by atoms with Crippen molar-refractivity contribution in [2.45, 2.75) is 6.42 Å². The number of rotatable bonds is 7. The lowest BCUT2D eigenvalue weighted by atomic mass is 10.1. The Kier molecular flexibility index (Phi) is 5.20. The third-order valence-corrected chi connectivity index (χ3v) is 5.04. The Morgan fingerprint density at radius 3 is 2.78 bits per heavy atom. The maximum Gasteiger partial charge on any atom is 0.231 e. The molecule has 0 bridgehead atoms. The number of benzene rings is 2. The van der Waals surface area contributed by atoms with Crippen molar-refractivity contribution in [3.05, 3.63) is 78.2 Å². The van der Waals surface area contributed by atoms with Gasteiger partial charge in [0.25, 0.3) is 0 Å². The zero-order chi connectivity index (χ0) is 21.9. The van der Waals surface area contributed by atoms with Gasteiger partial charge in [-0.3, -0.25) is 4.79 Å². The van der Waals surface area contributed by atoms with Crippen LogP contribution in [0, 0.1) is 5.82 Å². The molecule has 8 nitrogen and oxygen atoms in total. The van der Waals surface area contributed by atoms with Crippen molar-refractivity contribution >= 4 is 22.5 Å². The summed E-state index contributed by atoms with van der Waals surface area (Å²) in [7, 11) is 0. The number of amides is 1.